The van der Waals surface area contributed by atoms with Crippen LogP contribution in [0, 0.1) is 10.1 Å². The summed E-state index contributed by atoms with van der Waals surface area (Å²) in [5.41, 5.74) is -1.29. The van der Waals surface area contributed by atoms with E-state index in [9.17, 15) is 14.9 Å². The van der Waals surface area contributed by atoms with Crippen molar-refractivity contribution in [2.75, 3.05) is 0 Å². The molecule has 1 rings (SSSR count). The number of hydrogen-bond donors (Lipinski definition) is 0. The fraction of sp³-hybridized carbons (Fsp3) is 0.364. The Bertz CT molecular complexity index is 509. The van der Waals surface area contributed by atoms with Gasteiger partial charge in [0, 0.05) is 0 Å². The second kappa shape index (κ2) is 5.12. The molecule has 5 nitrogen and oxygen atoms in total. The minimum atomic E-state index is -0.738. The molecule has 1 aromatic carbocycles. The normalized spacial score (nSPS) is 11.2. The van der Waals surface area contributed by atoms with Gasteiger partial charge >= 0.3 is 11.7 Å². The molecule has 0 heterocycles. The summed E-state index contributed by atoms with van der Waals surface area (Å²) in [5, 5.41) is 10.3. The summed E-state index contributed by atoms with van der Waals surface area (Å²) in [6.45, 7) is 5.05. The van der Waals surface area contributed by atoms with Crippen LogP contribution in [0.25, 0.3) is 0 Å². The predicted molar refractivity (Wildman–Crippen MR) is 68.3 cm³/mol. The zero-order chi connectivity index (χ0) is 14.1. The second-order valence-electron chi connectivity index (χ2n) is 4.52. The molecule has 0 aromatic heterocycles. The second-order valence-corrected chi connectivity index (χ2v) is 5.30. The largest absolute Gasteiger partial charge is 0.456 e. The third-order valence-corrected chi connectivity index (χ3v) is 2.56. The van der Waals surface area contributed by atoms with Crippen LogP contribution in [-0.2, 0) is 4.74 Å². The first-order valence-corrected chi connectivity index (χ1v) is 5.75. The fourth-order valence-corrected chi connectivity index (χ4v) is 1.78. The van der Waals surface area contributed by atoms with Gasteiger partial charge in [0.1, 0.15) is 15.6 Å². The number of halogens is 2. The van der Waals surface area contributed by atoms with E-state index < -0.39 is 22.2 Å². The van der Waals surface area contributed by atoms with Gasteiger partial charge in [-0.05, 0) is 32.9 Å². The molecule has 0 amide bonds. The predicted octanol–water partition coefficient (Wildman–Crippen LogP) is 3.86. The lowest BCUT2D eigenvalue weighted by Crippen LogP contribution is -2.24. The van der Waals surface area contributed by atoms with Gasteiger partial charge in [-0.2, -0.15) is 0 Å². The monoisotopic (exact) mass is 291 g/mol. The van der Waals surface area contributed by atoms with Crippen LogP contribution >= 0.6 is 23.2 Å². The molecule has 0 saturated carbocycles. The van der Waals surface area contributed by atoms with Crippen LogP contribution < -0.4 is 0 Å². The third kappa shape index (κ3) is 3.34. The number of nitro groups is 1. The summed E-state index contributed by atoms with van der Waals surface area (Å²) < 4.78 is 5.09. The summed E-state index contributed by atoms with van der Waals surface area (Å²) in [7, 11) is 0. The highest BCUT2D eigenvalue weighted by atomic mass is 35.5. The molecule has 18 heavy (non-hydrogen) atoms. The van der Waals surface area contributed by atoms with Crippen molar-refractivity contribution < 1.29 is 14.5 Å². The molecule has 0 aliphatic rings. The maximum atomic E-state index is 11.8. The van der Waals surface area contributed by atoms with Gasteiger partial charge in [-0.15, -0.1) is 0 Å². The van der Waals surface area contributed by atoms with Crippen LogP contribution in [0.2, 0.25) is 10.0 Å². The summed E-state index contributed by atoms with van der Waals surface area (Å²) in [6.07, 6.45) is 0. The highest BCUT2D eigenvalue weighted by molar-refractivity contribution is 6.40. The maximum Gasteiger partial charge on any atom is 0.340 e. The molecule has 98 valence electrons. The number of nitro benzene ring substituents is 1. The van der Waals surface area contributed by atoms with Crippen molar-refractivity contribution >= 4 is 34.9 Å². The lowest BCUT2D eigenvalue weighted by molar-refractivity contribution is -0.384. The molecule has 0 spiro atoms. The summed E-state index contributed by atoms with van der Waals surface area (Å²) in [4.78, 5) is 21.8. The van der Waals surface area contributed by atoms with Crippen LogP contribution in [-0.4, -0.2) is 16.5 Å². The van der Waals surface area contributed by atoms with Crippen molar-refractivity contribution in [2.24, 2.45) is 0 Å². The molecular formula is C11H11Cl2NO4. The number of ether oxygens (including phenoxy) is 1. The van der Waals surface area contributed by atoms with Crippen molar-refractivity contribution in [3.63, 3.8) is 0 Å². The van der Waals surface area contributed by atoms with E-state index in [1.165, 1.54) is 12.1 Å². The molecule has 0 radical (unpaired) electrons. The Morgan fingerprint density at radius 1 is 1.33 bits per heavy atom. The molecule has 1 aromatic rings. The Kier molecular flexibility index (Phi) is 4.19. The summed E-state index contributed by atoms with van der Waals surface area (Å²) >= 11 is 11.5. The van der Waals surface area contributed by atoms with E-state index in [0.29, 0.717) is 0 Å². The van der Waals surface area contributed by atoms with Crippen LogP contribution in [0.4, 0.5) is 5.69 Å². The van der Waals surface area contributed by atoms with E-state index in [4.69, 9.17) is 27.9 Å². The molecule has 0 unspecified atom stereocenters. The van der Waals surface area contributed by atoms with Gasteiger partial charge in [0.25, 0.3) is 0 Å². The maximum absolute atomic E-state index is 11.8. The van der Waals surface area contributed by atoms with E-state index >= 15 is 0 Å². The van der Waals surface area contributed by atoms with E-state index in [1.807, 2.05) is 0 Å². The van der Waals surface area contributed by atoms with Crippen molar-refractivity contribution in [2.45, 2.75) is 26.4 Å². The summed E-state index contributed by atoms with van der Waals surface area (Å²) in [5.74, 6) is -0.729. The van der Waals surface area contributed by atoms with Crippen molar-refractivity contribution in [1.82, 2.24) is 0 Å². The van der Waals surface area contributed by atoms with Crippen molar-refractivity contribution in [3.05, 3.63) is 37.9 Å². The highest BCUT2D eigenvalue weighted by Gasteiger charge is 2.27. The molecule has 0 aliphatic heterocycles. The zero-order valence-corrected chi connectivity index (χ0v) is 11.5. The quantitative estimate of drug-likeness (QED) is 0.471. The number of nitrogens with zero attached hydrogens (tertiary/aromatic N) is 1. The van der Waals surface area contributed by atoms with Crippen LogP contribution in [0.3, 0.4) is 0 Å². The smallest absolute Gasteiger partial charge is 0.340 e. The number of benzene rings is 1. The fourth-order valence-electron chi connectivity index (χ4n) is 1.20. The van der Waals surface area contributed by atoms with Gasteiger partial charge in [-0.25, -0.2) is 4.79 Å². The average molecular weight is 292 g/mol. The molecule has 0 fully saturated rings. The van der Waals surface area contributed by atoms with Crippen molar-refractivity contribution in [1.29, 1.82) is 0 Å². The Morgan fingerprint density at radius 3 is 2.33 bits per heavy atom. The van der Waals surface area contributed by atoms with Gasteiger partial charge in [-0.1, -0.05) is 23.2 Å². The third-order valence-electron chi connectivity index (χ3n) is 1.87. The number of rotatable bonds is 2. The van der Waals surface area contributed by atoms with Gasteiger partial charge in [-0.3, -0.25) is 10.1 Å². The van der Waals surface area contributed by atoms with Gasteiger partial charge < -0.3 is 4.74 Å². The molecule has 0 saturated heterocycles. The van der Waals surface area contributed by atoms with Gasteiger partial charge in [0.15, 0.2) is 0 Å². The Hall–Kier alpha value is -1.33. The van der Waals surface area contributed by atoms with Crippen LogP contribution in [0.5, 0.6) is 0 Å². The van der Waals surface area contributed by atoms with Crippen molar-refractivity contribution in [3.8, 4) is 0 Å². The minimum absolute atomic E-state index is 0.0808. The summed E-state index contributed by atoms with van der Waals surface area (Å²) in [6, 6.07) is 2.54. The number of hydrogen-bond acceptors (Lipinski definition) is 4. The molecule has 0 aliphatic carbocycles. The SMILES string of the molecule is CC(C)(C)OC(=O)c1ccc(Cl)c([N+](=O)[O-])c1Cl. The standard InChI is InChI=1S/C11H11Cl2NO4/c1-11(2,3)18-10(15)6-4-5-7(12)9(8(6)13)14(16)17/h4-5H,1-3H3. The Morgan fingerprint density at radius 2 is 1.89 bits per heavy atom. The first-order chi connectivity index (χ1) is 8.13. The molecule has 7 heteroatoms. The lowest BCUT2D eigenvalue weighted by atomic mass is 10.1. The van der Waals surface area contributed by atoms with Gasteiger partial charge in [0.05, 0.1) is 10.5 Å². The molecular weight excluding hydrogens is 281 g/mol. The van der Waals surface area contributed by atoms with E-state index in [-0.39, 0.29) is 15.6 Å². The molecule has 0 N–H and O–H groups in total. The number of carbonyl (C=O) groups is 1. The highest BCUT2D eigenvalue weighted by Crippen LogP contribution is 2.35. The van der Waals surface area contributed by atoms with Crippen LogP contribution in [0.15, 0.2) is 12.1 Å². The number of carbonyl (C=O) groups excluding carboxylic acids is 1. The first-order valence-electron chi connectivity index (χ1n) is 4.99. The Labute approximate surface area is 114 Å². The average Bonchev–Trinajstić information content (AvgIpc) is 2.13. The van der Waals surface area contributed by atoms with E-state index in [2.05, 4.69) is 0 Å². The topological polar surface area (TPSA) is 69.4 Å². The van der Waals surface area contributed by atoms with E-state index in [0.717, 1.165) is 0 Å². The minimum Gasteiger partial charge on any atom is -0.456 e. The molecule has 0 atom stereocenters. The number of esters is 1. The lowest BCUT2D eigenvalue weighted by Gasteiger charge is -2.19. The Balaban J connectivity index is 3.24. The zero-order valence-electron chi connectivity index (χ0n) is 9.99. The van der Waals surface area contributed by atoms with Crippen LogP contribution in [0.1, 0.15) is 31.1 Å². The molecule has 0 bridgehead atoms. The first kappa shape index (κ1) is 14.7. The van der Waals surface area contributed by atoms with Gasteiger partial charge in [0.2, 0.25) is 0 Å². The van der Waals surface area contributed by atoms with E-state index in [1.54, 1.807) is 20.8 Å².